The molecule has 4 rings (SSSR count). The summed E-state index contributed by atoms with van der Waals surface area (Å²) in [6.45, 7) is 10.8. The highest BCUT2D eigenvalue weighted by Crippen LogP contribution is 2.53. The smallest absolute Gasteiger partial charge is 0.331 e. The summed E-state index contributed by atoms with van der Waals surface area (Å²) in [5.74, 6) is -3.51. The number of Topliss-reactive ketones (excluding diaryl/α,β-unsaturated/α-hetero) is 1. The number of esters is 4. The van der Waals surface area contributed by atoms with E-state index in [0.29, 0.717) is 16.7 Å². The minimum atomic E-state index is -1.64. The second-order valence-corrected chi connectivity index (χ2v) is 12.9. The lowest BCUT2D eigenvalue weighted by Crippen LogP contribution is -2.56. The summed E-state index contributed by atoms with van der Waals surface area (Å²) in [5.41, 5.74) is -0.173. The molecule has 0 spiro atoms. The number of aliphatic hydroxyl groups is 1. The Labute approximate surface area is 263 Å². The van der Waals surface area contributed by atoms with Crippen molar-refractivity contribution in [3.8, 4) is 0 Å². The summed E-state index contributed by atoms with van der Waals surface area (Å²) in [6, 6.07) is 9.19. The lowest BCUT2D eigenvalue weighted by Gasteiger charge is -2.51. The Hall–Kier alpha value is -4.05. The molecule has 7 atom stereocenters. The van der Waals surface area contributed by atoms with Gasteiger partial charge in [-0.3, -0.25) is 19.2 Å². The molecule has 3 aliphatic carbocycles. The van der Waals surface area contributed by atoms with Crippen molar-refractivity contribution in [2.45, 2.75) is 98.2 Å². The Kier molecular flexibility index (Phi) is 9.87. The molecule has 0 amide bonds. The molecule has 0 heterocycles. The van der Waals surface area contributed by atoms with Gasteiger partial charge < -0.3 is 24.1 Å². The van der Waals surface area contributed by atoms with Crippen molar-refractivity contribution in [3.63, 3.8) is 0 Å². The number of carbonyl (C=O) groups is 5. The van der Waals surface area contributed by atoms with E-state index in [9.17, 15) is 29.1 Å². The summed E-state index contributed by atoms with van der Waals surface area (Å²) >= 11 is 0. The van der Waals surface area contributed by atoms with Crippen molar-refractivity contribution in [2.24, 2.45) is 16.7 Å². The van der Waals surface area contributed by atoms with Crippen molar-refractivity contribution in [1.29, 1.82) is 0 Å². The zero-order valence-corrected chi connectivity index (χ0v) is 26.8. The van der Waals surface area contributed by atoms with Crippen LogP contribution in [0.5, 0.6) is 0 Å². The molecule has 10 nitrogen and oxygen atoms in total. The van der Waals surface area contributed by atoms with Crippen LogP contribution in [-0.2, 0) is 42.9 Å². The van der Waals surface area contributed by atoms with Gasteiger partial charge in [0.2, 0.25) is 0 Å². The molecule has 10 heteroatoms. The third kappa shape index (κ3) is 7.11. The molecular weight excluding hydrogens is 580 g/mol. The van der Waals surface area contributed by atoms with Gasteiger partial charge in [0.15, 0.2) is 5.78 Å². The van der Waals surface area contributed by atoms with Gasteiger partial charge in [0.05, 0.1) is 5.41 Å². The maximum Gasteiger partial charge on any atom is 0.331 e. The summed E-state index contributed by atoms with van der Waals surface area (Å²) in [6.07, 6.45) is -0.553. The highest BCUT2D eigenvalue weighted by Gasteiger charge is 2.57. The zero-order chi connectivity index (χ0) is 33.3. The number of benzene rings is 1. The topological polar surface area (TPSA) is 143 Å². The van der Waals surface area contributed by atoms with Crippen molar-refractivity contribution < 1.29 is 48.0 Å². The number of rotatable bonds is 6. The van der Waals surface area contributed by atoms with Crippen molar-refractivity contribution in [1.82, 2.24) is 0 Å². The number of aliphatic hydroxyl groups excluding tert-OH is 1. The van der Waals surface area contributed by atoms with Crippen LogP contribution in [0.25, 0.3) is 6.08 Å². The second kappa shape index (κ2) is 13.1. The fraction of sp³-hybridized carbons (Fsp3) is 0.514. The molecule has 1 N–H and O–H groups in total. The van der Waals surface area contributed by atoms with Crippen LogP contribution in [-0.4, -0.2) is 65.3 Å². The Morgan fingerprint density at radius 3 is 2.09 bits per heavy atom. The van der Waals surface area contributed by atoms with Crippen molar-refractivity contribution >= 4 is 35.7 Å². The van der Waals surface area contributed by atoms with Gasteiger partial charge in [-0.15, -0.1) is 0 Å². The minimum absolute atomic E-state index is 0.0359. The van der Waals surface area contributed by atoms with E-state index in [2.05, 4.69) is 0 Å². The van der Waals surface area contributed by atoms with E-state index < -0.39 is 76.9 Å². The SMILES string of the molecule is CC(=O)O[C@H]1C[C@@H](OC(=O)C=Cc2ccccc2)C2=C[C@@H](OC(C)=O)[C@H]3C[C@@H](OC(C)=O)C(C)=C([C@@H](O)C(=O)[C@@]1(C)C2)C3(C)C. The number of fused-ring (bicyclic) bond motifs is 4. The van der Waals surface area contributed by atoms with Crippen LogP contribution in [0, 0.1) is 16.7 Å². The highest BCUT2D eigenvalue weighted by atomic mass is 16.6. The largest absolute Gasteiger partial charge is 0.461 e. The van der Waals surface area contributed by atoms with Crippen LogP contribution in [0.3, 0.4) is 0 Å². The van der Waals surface area contributed by atoms with E-state index in [1.807, 2.05) is 44.2 Å². The molecule has 0 radical (unpaired) electrons. The predicted molar refractivity (Wildman–Crippen MR) is 163 cm³/mol. The minimum Gasteiger partial charge on any atom is -0.461 e. The molecular formula is C35H42O10. The first-order valence-corrected chi connectivity index (χ1v) is 15.1. The molecule has 1 fully saturated rings. The number of hydrogen-bond donors (Lipinski definition) is 1. The summed E-state index contributed by atoms with van der Waals surface area (Å²) in [5, 5.41) is 11.8. The third-order valence-electron chi connectivity index (χ3n) is 9.37. The van der Waals surface area contributed by atoms with E-state index in [1.54, 1.807) is 26.0 Å². The van der Waals surface area contributed by atoms with Gasteiger partial charge >= 0.3 is 23.9 Å². The van der Waals surface area contributed by atoms with Crippen LogP contribution in [0.1, 0.15) is 73.3 Å². The van der Waals surface area contributed by atoms with Crippen LogP contribution >= 0.6 is 0 Å². The highest BCUT2D eigenvalue weighted by molar-refractivity contribution is 5.93. The second-order valence-electron chi connectivity index (χ2n) is 12.9. The van der Waals surface area contributed by atoms with Crippen molar-refractivity contribution in [3.05, 3.63) is 64.8 Å². The van der Waals surface area contributed by atoms with Crippen LogP contribution in [0.15, 0.2) is 59.2 Å². The molecule has 0 saturated heterocycles. The van der Waals surface area contributed by atoms with Crippen LogP contribution in [0.4, 0.5) is 0 Å². The first-order chi connectivity index (χ1) is 21.0. The van der Waals surface area contributed by atoms with E-state index in [1.165, 1.54) is 26.8 Å². The Bertz CT molecular complexity index is 1450. The van der Waals surface area contributed by atoms with Crippen LogP contribution < -0.4 is 0 Å². The summed E-state index contributed by atoms with van der Waals surface area (Å²) in [4.78, 5) is 64.3. The first kappa shape index (κ1) is 33.8. The molecule has 0 aromatic heterocycles. The number of hydrogen-bond acceptors (Lipinski definition) is 10. The standard InChI is InChI=1S/C35H42O10/c1-19-26(42-20(2)36)16-25-28(43-21(3)37)15-24-18-35(7,33(41)32(40)31(19)34(25,5)6)29(44-22(4)38)17-27(24)45-30(39)14-13-23-11-9-8-10-12-23/h8-15,25-29,32,40H,16-18H2,1-7H3/t25-,26-,27-,28-,29+,32-,35+/m1/s1. The van der Waals surface area contributed by atoms with Gasteiger partial charge in [0.25, 0.3) is 0 Å². The molecule has 1 aromatic carbocycles. The number of ether oxygens (including phenoxy) is 4. The Balaban J connectivity index is 1.88. The maximum absolute atomic E-state index is 14.4. The van der Waals surface area contributed by atoms with Gasteiger partial charge in [-0.25, -0.2) is 4.79 Å². The molecule has 1 aromatic rings. The van der Waals surface area contributed by atoms with Gasteiger partial charge in [-0.1, -0.05) is 44.2 Å². The Morgan fingerprint density at radius 2 is 1.49 bits per heavy atom. The molecule has 45 heavy (non-hydrogen) atoms. The molecule has 0 aliphatic heterocycles. The number of carbonyl (C=O) groups excluding carboxylic acids is 5. The molecule has 3 aliphatic rings. The fourth-order valence-electron chi connectivity index (χ4n) is 7.19. The first-order valence-electron chi connectivity index (χ1n) is 15.1. The van der Waals surface area contributed by atoms with Gasteiger partial charge in [0.1, 0.15) is 30.5 Å². The number of ketones is 1. The average Bonchev–Trinajstić information content (AvgIpc) is 2.94. The molecule has 1 saturated carbocycles. The normalized spacial score (nSPS) is 31.0. The predicted octanol–water partition coefficient (Wildman–Crippen LogP) is 4.44. The van der Waals surface area contributed by atoms with E-state index in [0.717, 1.165) is 5.56 Å². The van der Waals surface area contributed by atoms with E-state index >= 15 is 0 Å². The summed E-state index contributed by atoms with van der Waals surface area (Å²) < 4.78 is 23.1. The van der Waals surface area contributed by atoms with E-state index in [-0.39, 0.29) is 19.3 Å². The van der Waals surface area contributed by atoms with Crippen LogP contribution in [0.2, 0.25) is 0 Å². The average molecular weight is 623 g/mol. The maximum atomic E-state index is 14.4. The lowest BCUT2D eigenvalue weighted by atomic mass is 9.57. The summed E-state index contributed by atoms with van der Waals surface area (Å²) in [7, 11) is 0. The fourth-order valence-corrected chi connectivity index (χ4v) is 7.19. The molecule has 0 unspecified atom stereocenters. The van der Waals surface area contributed by atoms with Crippen molar-refractivity contribution in [2.75, 3.05) is 0 Å². The monoisotopic (exact) mass is 622 g/mol. The van der Waals surface area contributed by atoms with Gasteiger partial charge in [0, 0.05) is 39.2 Å². The molecule has 4 bridgehead atoms. The third-order valence-corrected chi connectivity index (χ3v) is 9.37. The van der Waals surface area contributed by atoms with E-state index in [4.69, 9.17) is 18.9 Å². The molecule has 242 valence electrons. The Morgan fingerprint density at radius 1 is 0.867 bits per heavy atom. The quantitative estimate of drug-likeness (QED) is 0.209. The zero-order valence-electron chi connectivity index (χ0n) is 26.8. The lowest BCUT2D eigenvalue weighted by molar-refractivity contribution is -0.169. The van der Waals surface area contributed by atoms with Gasteiger partial charge in [-0.2, -0.15) is 0 Å². The van der Waals surface area contributed by atoms with Gasteiger partial charge in [-0.05, 0) is 66.5 Å².